The lowest BCUT2D eigenvalue weighted by atomic mass is 10.1. The summed E-state index contributed by atoms with van der Waals surface area (Å²) in [6, 6.07) is 11.9. The standard InChI is InChI=1S/C19H24N2O3S2/c1-13-9-10-17(11-14(13)2)21(26(5,23)24)15(3)19(22)20-16-7-6-8-18(12-16)25-4/h6-12,15H,1-5H3,(H,20,22)/t15-/m0/s1. The number of aryl methyl sites for hydroxylation is 2. The molecule has 0 saturated carbocycles. The molecule has 7 heteroatoms. The van der Waals surface area contributed by atoms with Gasteiger partial charge in [0, 0.05) is 10.6 Å². The molecule has 0 bridgehead atoms. The fraction of sp³-hybridized carbons (Fsp3) is 0.316. The van der Waals surface area contributed by atoms with Crippen LogP contribution in [0.4, 0.5) is 11.4 Å². The van der Waals surface area contributed by atoms with Crippen molar-refractivity contribution in [2.75, 3.05) is 22.1 Å². The molecule has 0 fully saturated rings. The number of nitrogens with zero attached hydrogens (tertiary/aromatic N) is 1. The highest BCUT2D eigenvalue weighted by molar-refractivity contribution is 7.98. The number of amides is 1. The van der Waals surface area contributed by atoms with Crippen LogP contribution in [0.3, 0.4) is 0 Å². The molecule has 2 aromatic carbocycles. The molecule has 0 heterocycles. The van der Waals surface area contributed by atoms with Crippen molar-refractivity contribution in [2.24, 2.45) is 0 Å². The van der Waals surface area contributed by atoms with E-state index in [1.807, 2.05) is 44.4 Å². The first kappa shape index (κ1) is 20.3. The second-order valence-electron chi connectivity index (χ2n) is 6.22. The molecule has 0 aliphatic heterocycles. The molecule has 0 aromatic heterocycles. The maximum absolute atomic E-state index is 12.7. The summed E-state index contributed by atoms with van der Waals surface area (Å²) in [7, 11) is -3.63. The van der Waals surface area contributed by atoms with Crippen molar-refractivity contribution in [3.63, 3.8) is 0 Å². The molecular formula is C19H24N2O3S2. The summed E-state index contributed by atoms with van der Waals surface area (Å²) in [5, 5.41) is 2.81. The molecule has 0 unspecified atom stereocenters. The van der Waals surface area contributed by atoms with Crippen molar-refractivity contribution >= 4 is 39.1 Å². The Bertz CT molecular complexity index is 911. The van der Waals surface area contributed by atoms with Crippen LogP contribution in [-0.2, 0) is 14.8 Å². The van der Waals surface area contributed by atoms with Crippen molar-refractivity contribution in [1.29, 1.82) is 0 Å². The van der Waals surface area contributed by atoms with Crippen LogP contribution in [0, 0.1) is 13.8 Å². The SMILES string of the molecule is CSc1cccc(NC(=O)[C@H](C)N(c2ccc(C)c(C)c2)S(C)(=O)=O)c1. The van der Waals surface area contributed by atoms with Gasteiger partial charge in [-0.3, -0.25) is 9.10 Å². The van der Waals surface area contributed by atoms with Gasteiger partial charge in [-0.15, -0.1) is 11.8 Å². The highest BCUT2D eigenvalue weighted by atomic mass is 32.2. The lowest BCUT2D eigenvalue weighted by molar-refractivity contribution is -0.116. The van der Waals surface area contributed by atoms with Gasteiger partial charge in [0.25, 0.3) is 0 Å². The first-order valence-corrected chi connectivity index (χ1v) is 11.2. The van der Waals surface area contributed by atoms with E-state index in [4.69, 9.17) is 0 Å². The van der Waals surface area contributed by atoms with E-state index in [1.165, 1.54) is 0 Å². The third kappa shape index (κ3) is 4.80. The number of carbonyl (C=O) groups is 1. The summed E-state index contributed by atoms with van der Waals surface area (Å²) < 4.78 is 25.9. The third-order valence-corrected chi connectivity index (χ3v) is 6.14. The minimum absolute atomic E-state index is 0.382. The normalized spacial score (nSPS) is 12.5. The van der Waals surface area contributed by atoms with Crippen LogP contribution in [0.5, 0.6) is 0 Å². The Morgan fingerprint density at radius 3 is 2.38 bits per heavy atom. The van der Waals surface area contributed by atoms with E-state index in [-0.39, 0.29) is 5.91 Å². The Kier molecular flexibility index (Phi) is 6.36. The van der Waals surface area contributed by atoms with Gasteiger partial charge in [-0.25, -0.2) is 8.42 Å². The monoisotopic (exact) mass is 392 g/mol. The zero-order chi connectivity index (χ0) is 19.5. The van der Waals surface area contributed by atoms with Crippen LogP contribution in [0.1, 0.15) is 18.1 Å². The van der Waals surface area contributed by atoms with Crippen LogP contribution in [0.25, 0.3) is 0 Å². The van der Waals surface area contributed by atoms with Crippen LogP contribution in [0.15, 0.2) is 47.4 Å². The number of thioether (sulfide) groups is 1. The predicted molar refractivity (Wildman–Crippen MR) is 110 cm³/mol. The summed E-state index contributed by atoms with van der Waals surface area (Å²) in [5.41, 5.74) is 3.16. The summed E-state index contributed by atoms with van der Waals surface area (Å²) in [4.78, 5) is 13.7. The summed E-state index contributed by atoms with van der Waals surface area (Å²) >= 11 is 1.57. The van der Waals surface area contributed by atoms with Gasteiger partial charge in [-0.05, 0) is 68.5 Å². The average Bonchev–Trinajstić information content (AvgIpc) is 2.57. The highest BCUT2D eigenvalue weighted by Gasteiger charge is 2.29. The zero-order valence-electron chi connectivity index (χ0n) is 15.6. The second kappa shape index (κ2) is 8.14. The topological polar surface area (TPSA) is 66.5 Å². The molecule has 5 nitrogen and oxygen atoms in total. The minimum Gasteiger partial charge on any atom is -0.324 e. The van der Waals surface area contributed by atoms with Gasteiger partial charge in [-0.1, -0.05) is 12.1 Å². The number of carbonyl (C=O) groups excluding carboxylic acids is 1. The number of anilines is 2. The maximum Gasteiger partial charge on any atom is 0.247 e. The molecule has 26 heavy (non-hydrogen) atoms. The molecule has 0 aliphatic rings. The summed E-state index contributed by atoms with van der Waals surface area (Å²) in [6.45, 7) is 5.46. The molecule has 2 aromatic rings. The van der Waals surface area contributed by atoms with E-state index in [2.05, 4.69) is 5.32 Å². The molecular weight excluding hydrogens is 368 g/mol. The molecule has 1 N–H and O–H groups in total. The Morgan fingerprint density at radius 2 is 1.81 bits per heavy atom. The van der Waals surface area contributed by atoms with Gasteiger partial charge in [0.05, 0.1) is 11.9 Å². The number of rotatable bonds is 6. The van der Waals surface area contributed by atoms with Crippen molar-refractivity contribution in [3.8, 4) is 0 Å². The van der Waals surface area contributed by atoms with Gasteiger partial charge in [0.2, 0.25) is 15.9 Å². The van der Waals surface area contributed by atoms with Crippen molar-refractivity contribution in [3.05, 3.63) is 53.6 Å². The highest BCUT2D eigenvalue weighted by Crippen LogP contribution is 2.25. The first-order chi connectivity index (χ1) is 12.1. The Balaban J connectivity index is 2.32. The summed E-state index contributed by atoms with van der Waals surface area (Å²) in [6.07, 6.45) is 3.06. The quantitative estimate of drug-likeness (QED) is 0.759. The first-order valence-electron chi connectivity index (χ1n) is 8.15. The molecule has 140 valence electrons. The average molecular weight is 393 g/mol. The Hall–Kier alpha value is -1.99. The largest absolute Gasteiger partial charge is 0.324 e. The minimum atomic E-state index is -3.63. The smallest absolute Gasteiger partial charge is 0.247 e. The lowest BCUT2D eigenvalue weighted by Gasteiger charge is -2.28. The van der Waals surface area contributed by atoms with Gasteiger partial charge < -0.3 is 5.32 Å². The number of hydrogen-bond donors (Lipinski definition) is 1. The number of sulfonamides is 1. The Labute approximate surface area is 159 Å². The summed E-state index contributed by atoms with van der Waals surface area (Å²) in [5.74, 6) is -0.382. The fourth-order valence-electron chi connectivity index (χ4n) is 2.62. The zero-order valence-corrected chi connectivity index (χ0v) is 17.2. The molecule has 0 aliphatic carbocycles. The van der Waals surface area contributed by atoms with Crippen LogP contribution in [-0.4, -0.2) is 32.9 Å². The fourth-order valence-corrected chi connectivity index (χ4v) is 4.25. The predicted octanol–water partition coefficient (Wildman–Crippen LogP) is 3.82. The Morgan fingerprint density at radius 1 is 1.12 bits per heavy atom. The van der Waals surface area contributed by atoms with Crippen LogP contribution in [0.2, 0.25) is 0 Å². The van der Waals surface area contributed by atoms with Gasteiger partial charge in [-0.2, -0.15) is 0 Å². The number of benzene rings is 2. The van der Waals surface area contributed by atoms with Crippen molar-refractivity contribution < 1.29 is 13.2 Å². The van der Waals surface area contributed by atoms with E-state index in [0.29, 0.717) is 11.4 Å². The molecule has 0 spiro atoms. The third-order valence-electron chi connectivity index (χ3n) is 4.17. The molecule has 0 radical (unpaired) electrons. The van der Waals surface area contributed by atoms with Crippen LogP contribution < -0.4 is 9.62 Å². The number of hydrogen-bond acceptors (Lipinski definition) is 4. The van der Waals surface area contributed by atoms with Crippen LogP contribution >= 0.6 is 11.8 Å². The molecule has 1 atom stereocenters. The van der Waals surface area contributed by atoms with E-state index in [1.54, 1.807) is 36.9 Å². The molecule has 1 amide bonds. The number of nitrogens with one attached hydrogen (secondary N) is 1. The van der Waals surface area contributed by atoms with E-state index in [9.17, 15) is 13.2 Å². The van der Waals surface area contributed by atoms with Gasteiger partial charge in [0.1, 0.15) is 6.04 Å². The molecule has 0 saturated heterocycles. The van der Waals surface area contributed by atoms with Gasteiger partial charge >= 0.3 is 0 Å². The van der Waals surface area contributed by atoms with E-state index in [0.717, 1.165) is 26.6 Å². The second-order valence-corrected chi connectivity index (χ2v) is 8.96. The van der Waals surface area contributed by atoms with E-state index >= 15 is 0 Å². The van der Waals surface area contributed by atoms with E-state index < -0.39 is 16.1 Å². The lowest BCUT2D eigenvalue weighted by Crippen LogP contribution is -2.45. The van der Waals surface area contributed by atoms with Gasteiger partial charge in [0.15, 0.2) is 0 Å². The maximum atomic E-state index is 12.7. The van der Waals surface area contributed by atoms with Crippen molar-refractivity contribution in [2.45, 2.75) is 31.7 Å². The van der Waals surface area contributed by atoms with Crippen molar-refractivity contribution in [1.82, 2.24) is 0 Å². The molecule has 2 rings (SSSR count).